The van der Waals surface area contributed by atoms with Crippen molar-refractivity contribution >= 4 is 11.7 Å². The molecule has 0 bridgehead atoms. The number of ether oxygens (including phenoxy) is 2. The Morgan fingerprint density at radius 3 is 2.44 bits per heavy atom. The topological polar surface area (TPSA) is 78.7 Å². The summed E-state index contributed by atoms with van der Waals surface area (Å²) < 4.78 is 10.5. The molecule has 6 nitrogen and oxygen atoms in total. The Morgan fingerprint density at radius 2 is 1.89 bits per heavy atom. The van der Waals surface area contributed by atoms with Gasteiger partial charge in [-0.25, -0.2) is 4.79 Å². The Balaban J connectivity index is 1.97. The van der Waals surface area contributed by atoms with Crippen LogP contribution in [0.3, 0.4) is 0 Å². The van der Waals surface area contributed by atoms with Gasteiger partial charge in [-0.15, -0.1) is 0 Å². The lowest BCUT2D eigenvalue weighted by Gasteiger charge is -2.22. The average Bonchev–Trinajstić information content (AvgIpc) is 2.40. The van der Waals surface area contributed by atoms with Crippen molar-refractivity contribution in [2.75, 3.05) is 13.2 Å². The molecule has 0 amide bonds. The van der Waals surface area contributed by atoms with Gasteiger partial charge in [-0.05, 0) is 12.1 Å². The largest absolute Gasteiger partial charge is 0.459 e. The zero-order chi connectivity index (χ0) is 13.0. The standard InChI is InChI=1S/C12H13NO5/c14-12(18-11-5-7-17-8-6-11)9-1-3-10(4-2-9)13(15)16/h1-4,11H,5-8H2. The summed E-state index contributed by atoms with van der Waals surface area (Å²) in [4.78, 5) is 21.7. The van der Waals surface area contributed by atoms with Crippen LogP contribution >= 0.6 is 0 Å². The highest BCUT2D eigenvalue weighted by Gasteiger charge is 2.19. The van der Waals surface area contributed by atoms with E-state index in [2.05, 4.69) is 0 Å². The van der Waals surface area contributed by atoms with E-state index in [1.165, 1.54) is 24.3 Å². The number of nitro benzene ring substituents is 1. The SMILES string of the molecule is O=C(OC1CCOCC1)c1ccc([N+](=O)[O-])cc1. The van der Waals surface area contributed by atoms with Crippen LogP contribution in [0.1, 0.15) is 23.2 Å². The zero-order valence-electron chi connectivity index (χ0n) is 9.70. The van der Waals surface area contributed by atoms with Gasteiger partial charge in [0.15, 0.2) is 0 Å². The lowest BCUT2D eigenvalue weighted by molar-refractivity contribution is -0.384. The lowest BCUT2D eigenvalue weighted by atomic mass is 10.1. The number of carbonyl (C=O) groups excluding carboxylic acids is 1. The summed E-state index contributed by atoms with van der Waals surface area (Å²) in [6.45, 7) is 1.19. The number of hydrogen-bond acceptors (Lipinski definition) is 5. The fraction of sp³-hybridized carbons (Fsp3) is 0.417. The lowest BCUT2D eigenvalue weighted by Crippen LogP contribution is -2.26. The number of carbonyl (C=O) groups is 1. The summed E-state index contributed by atoms with van der Waals surface area (Å²) in [6, 6.07) is 5.39. The van der Waals surface area contributed by atoms with Crippen molar-refractivity contribution in [2.45, 2.75) is 18.9 Å². The minimum absolute atomic E-state index is 0.0439. The van der Waals surface area contributed by atoms with Crippen molar-refractivity contribution < 1.29 is 19.2 Å². The van der Waals surface area contributed by atoms with E-state index in [-0.39, 0.29) is 11.8 Å². The van der Waals surface area contributed by atoms with E-state index in [9.17, 15) is 14.9 Å². The molecule has 0 radical (unpaired) electrons. The fourth-order valence-corrected chi connectivity index (χ4v) is 1.73. The Bertz CT molecular complexity index is 436. The predicted molar refractivity (Wildman–Crippen MR) is 62.4 cm³/mol. The second-order valence-corrected chi connectivity index (χ2v) is 4.02. The van der Waals surface area contributed by atoms with E-state index < -0.39 is 10.9 Å². The molecule has 1 saturated heterocycles. The predicted octanol–water partition coefficient (Wildman–Crippen LogP) is 1.93. The number of nitro groups is 1. The Morgan fingerprint density at radius 1 is 1.28 bits per heavy atom. The molecule has 0 saturated carbocycles. The Kier molecular flexibility index (Phi) is 3.88. The Labute approximate surface area is 104 Å². The van der Waals surface area contributed by atoms with Crippen molar-refractivity contribution in [3.63, 3.8) is 0 Å². The van der Waals surface area contributed by atoms with Crippen LogP contribution in [0, 0.1) is 10.1 Å². The quantitative estimate of drug-likeness (QED) is 0.466. The van der Waals surface area contributed by atoms with Gasteiger partial charge < -0.3 is 9.47 Å². The molecule has 1 aliphatic rings. The number of non-ortho nitro benzene ring substituents is 1. The second kappa shape index (κ2) is 5.59. The molecule has 0 atom stereocenters. The summed E-state index contributed by atoms with van der Waals surface area (Å²) >= 11 is 0. The van der Waals surface area contributed by atoms with Crippen LogP contribution < -0.4 is 0 Å². The monoisotopic (exact) mass is 251 g/mol. The van der Waals surface area contributed by atoms with Crippen molar-refractivity contribution in [1.29, 1.82) is 0 Å². The smallest absolute Gasteiger partial charge is 0.338 e. The molecule has 0 N–H and O–H groups in total. The minimum Gasteiger partial charge on any atom is -0.459 e. The summed E-state index contributed by atoms with van der Waals surface area (Å²) in [5, 5.41) is 10.5. The molecule has 1 aromatic carbocycles. The third-order valence-corrected chi connectivity index (χ3v) is 2.76. The maximum atomic E-state index is 11.8. The van der Waals surface area contributed by atoms with Crippen molar-refractivity contribution in [2.24, 2.45) is 0 Å². The molecule has 0 spiro atoms. The van der Waals surface area contributed by atoms with Crippen LogP contribution in [0.15, 0.2) is 24.3 Å². The van der Waals surface area contributed by atoms with Crippen molar-refractivity contribution in [3.05, 3.63) is 39.9 Å². The van der Waals surface area contributed by atoms with Gasteiger partial charge in [0.05, 0.1) is 23.7 Å². The first-order valence-corrected chi connectivity index (χ1v) is 5.70. The Hall–Kier alpha value is -1.95. The van der Waals surface area contributed by atoms with Crippen LogP contribution in [0.5, 0.6) is 0 Å². The van der Waals surface area contributed by atoms with Crippen molar-refractivity contribution in [1.82, 2.24) is 0 Å². The molecule has 1 heterocycles. The van der Waals surface area contributed by atoms with Crippen LogP contribution in [0.2, 0.25) is 0 Å². The molecule has 0 aromatic heterocycles. The number of esters is 1. The molecule has 1 fully saturated rings. The first-order chi connectivity index (χ1) is 8.66. The van der Waals surface area contributed by atoms with Gasteiger partial charge in [0, 0.05) is 25.0 Å². The molecule has 1 aromatic rings. The van der Waals surface area contributed by atoms with E-state index in [4.69, 9.17) is 9.47 Å². The first kappa shape index (κ1) is 12.5. The third kappa shape index (κ3) is 3.04. The maximum absolute atomic E-state index is 11.8. The minimum atomic E-state index is -0.506. The summed E-state index contributed by atoms with van der Waals surface area (Å²) in [5.74, 6) is -0.447. The summed E-state index contributed by atoms with van der Waals surface area (Å²) in [5.41, 5.74) is 0.282. The van der Waals surface area contributed by atoms with Gasteiger partial charge >= 0.3 is 5.97 Å². The van der Waals surface area contributed by atoms with Crippen LogP contribution in [0.25, 0.3) is 0 Å². The van der Waals surface area contributed by atoms with E-state index in [0.29, 0.717) is 31.6 Å². The second-order valence-electron chi connectivity index (χ2n) is 4.02. The molecule has 18 heavy (non-hydrogen) atoms. The first-order valence-electron chi connectivity index (χ1n) is 5.70. The number of rotatable bonds is 3. The fourth-order valence-electron chi connectivity index (χ4n) is 1.73. The summed E-state index contributed by atoms with van der Waals surface area (Å²) in [7, 11) is 0. The molecule has 6 heteroatoms. The van der Waals surface area contributed by atoms with Gasteiger partial charge in [-0.3, -0.25) is 10.1 Å². The highest BCUT2D eigenvalue weighted by molar-refractivity contribution is 5.89. The average molecular weight is 251 g/mol. The number of nitrogens with zero attached hydrogens (tertiary/aromatic N) is 1. The normalized spacial score (nSPS) is 16.2. The van der Waals surface area contributed by atoms with E-state index in [1.54, 1.807) is 0 Å². The third-order valence-electron chi connectivity index (χ3n) is 2.76. The molecule has 1 aliphatic heterocycles. The number of hydrogen-bond donors (Lipinski definition) is 0. The van der Waals surface area contributed by atoms with Crippen LogP contribution in [0.4, 0.5) is 5.69 Å². The molecular formula is C12H13NO5. The maximum Gasteiger partial charge on any atom is 0.338 e. The number of benzene rings is 1. The van der Waals surface area contributed by atoms with Crippen LogP contribution in [-0.2, 0) is 9.47 Å². The van der Waals surface area contributed by atoms with Gasteiger partial charge in [0.25, 0.3) is 5.69 Å². The van der Waals surface area contributed by atoms with Gasteiger partial charge in [-0.2, -0.15) is 0 Å². The molecule has 0 unspecified atom stereocenters. The van der Waals surface area contributed by atoms with Gasteiger partial charge in [-0.1, -0.05) is 0 Å². The van der Waals surface area contributed by atoms with Gasteiger partial charge in [0.1, 0.15) is 6.10 Å². The molecule has 96 valence electrons. The molecule has 2 rings (SSSR count). The van der Waals surface area contributed by atoms with Gasteiger partial charge in [0.2, 0.25) is 0 Å². The van der Waals surface area contributed by atoms with E-state index in [1.807, 2.05) is 0 Å². The molecular weight excluding hydrogens is 238 g/mol. The highest BCUT2D eigenvalue weighted by Crippen LogP contribution is 2.16. The van der Waals surface area contributed by atoms with E-state index in [0.717, 1.165) is 0 Å². The van der Waals surface area contributed by atoms with Crippen LogP contribution in [-0.4, -0.2) is 30.2 Å². The van der Waals surface area contributed by atoms with E-state index >= 15 is 0 Å². The highest BCUT2D eigenvalue weighted by atomic mass is 16.6. The van der Waals surface area contributed by atoms with Crippen molar-refractivity contribution in [3.8, 4) is 0 Å². The zero-order valence-corrected chi connectivity index (χ0v) is 9.70. The summed E-state index contributed by atoms with van der Waals surface area (Å²) in [6.07, 6.45) is 1.26. The molecule has 0 aliphatic carbocycles.